The smallest absolute Gasteiger partial charge is 0.161 e. The van der Waals surface area contributed by atoms with Crippen LogP contribution in [-0.4, -0.2) is 26.0 Å². The Bertz CT molecular complexity index is 826. The third-order valence-corrected chi connectivity index (χ3v) is 4.66. The maximum absolute atomic E-state index is 10.9. The third kappa shape index (κ3) is 2.64. The summed E-state index contributed by atoms with van der Waals surface area (Å²) in [7, 11) is 0. The van der Waals surface area contributed by atoms with Crippen molar-refractivity contribution in [2.45, 2.75) is 32.7 Å². The quantitative estimate of drug-likeness (QED) is 0.513. The first-order chi connectivity index (χ1) is 10.6. The molecule has 0 saturated carbocycles. The molecule has 1 atom stereocenters. The zero-order chi connectivity index (χ0) is 15.7. The van der Waals surface area contributed by atoms with Crippen molar-refractivity contribution in [3.05, 3.63) is 28.5 Å². The van der Waals surface area contributed by atoms with Gasteiger partial charge in [-0.2, -0.15) is 5.10 Å². The van der Waals surface area contributed by atoms with Crippen LogP contribution in [-0.2, 0) is 0 Å². The molecule has 114 valence electrons. The van der Waals surface area contributed by atoms with Crippen molar-refractivity contribution in [2.75, 3.05) is 0 Å². The molecular formula is C15H15ClN4OS. The monoisotopic (exact) mass is 334 g/mol. The molecule has 0 N–H and O–H groups in total. The number of halogens is 1. The van der Waals surface area contributed by atoms with Crippen LogP contribution in [0.25, 0.3) is 21.6 Å². The second kappa shape index (κ2) is 6.14. The van der Waals surface area contributed by atoms with Crippen molar-refractivity contribution < 1.29 is 4.79 Å². The van der Waals surface area contributed by atoms with E-state index in [1.807, 2.05) is 10.7 Å². The van der Waals surface area contributed by atoms with Crippen molar-refractivity contribution in [1.82, 2.24) is 19.7 Å². The van der Waals surface area contributed by atoms with Gasteiger partial charge in [0.05, 0.1) is 10.4 Å². The molecule has 3 heterocycles. The Hall–Kier alpha value is -1.79. The highest BCUT2D eigenvalue weighted by Gasteiger charge is 2.18. The summed E-state index contributed by atoms with van der Waals surface area (Å²) in [4.78, 5) is 19.9. The molecule has 0 aliphatic carbocycles. The van der Waals surface area contributed by atoms with E-state index in [0.29, 0.717) is 10.0 Å². The predicted molar refractivity (Wildman–Crippen MR) is 88.7 cm³/mol. The predicted octanol–water partition coefficient (Wildman–Crippen LogP) is 4.38. The van der Waals surface area contributed by atoms with Crippen LogP contribution in [0, 0.1) is 0 Å². The van der Waals surface area contributed by atoms with Gasteiger partial charge >= 0.3 is 0 Å². The average Bonchev–Trinajstić information content (AvgIpc) is 3.10. The third-order valence-electron chi connectivity index (χ3n) is 3.52. The molecule has 0 fully saturated rings. The highest BCUT2D eigenvalue weighted by atomic mass is 35.5. The highest BCUT2D eigenvalue weighted by Crippen LogP contribution is 2.33. The van der Waals surface area contributed by atoms with Crippen LogP contribution >= 0.6 is 22.9 Å². The number of carbonyl (C=O) groups excluding carboxylic acids is 1. The fourth-order valence-electron chi connectivity index (χ4n) is 2.49. The van der Waals surface area contributed by atoms with E-state index in [9.17, 15) is 4.79 Å². The van der Waals surface area contributed by atoms with Crippen molar-refractivity contribution >= 4 is 40.1 Å². The highest BCUT2D eigenvalue weighted by molar-refractivity contribution is 7.16. The molecule has 5 nitrogen and oxygen atoms in total. The molecule has 0 saturated heterocycles. The average molecular weight is 335 g/mol. The molecule has 0 aliphatic rings. The number of hydrogen-bond donors (Lipinski definition) is 0. The van der Waals surface area contributed by atoms with Crippen LogP contribution in [0.4, 0.5) is 0 Å². The topological polar surface area (TPSA) is 60.7 Å². The van der Waals surface area contributed by atoms with Gasteiger partial charge in [0.1, 0.15) is 15.9 Å². The summed E-state index contributed by atoms with van der Waals surface area (Å²) in [5.41, 5.74) is 1.69. The van der Waals surface area contributed by atoms with Gasteiger partial charge in [0.2, 0.25) is 0 Å². The first-order valence-corrected chi connectivity index (χ1v) is 8.28. The number of thiazole rings is 1. The molecule has 0 bridgehead atoms. The summed E-state index contributed by atoms with van der Waals surface area (Å²) < 4.78 is 1.98. The van der Waals surface area contributed by atoms with E-state index in [2.05, 4.69) is 23.8 Å². The minimum absolute atomic E-state index is 0.255. The lowest BCUT2D eigenvalue weighted by Crippen LogP contribution is -2.06. The SMILES string of the molecule is CCC[C@H](C)n1nc(-c2ncc(C=O)s2)c2cnc(Cl)cc21. The minimum Gasteiger partial charge on any atom is -0.297 e. The van der Waals surface area contributed by atoms with Crippen LogP contribution in [0.1, 0.15) is 42.4 Å². The lowest BCUT2D eigenvalue weighted by atomic mass is 10.2. The van der Waals surface area contributed by atoms with Crippen molar-refractivity contribution in [2.24, 2.45) is 0 Å². The maximum Gasteiger partial charge on any atom is 0.161 e. The lowest BCUT2D eigenvalue weighted by Gasteiger charge is -2.11. The van der Waals surface area contributed by atoms with Gasteiger partial charge in [-0.25, -0.2) is 9.97 Å². The molecular weight excluding hydrogens is 320 g/mol. The van der Waals surface area contributed by atoms with E-state index in [-0.39, 0.29) is 6.04 Å². The number of hydrogen-bond acceptors (Lipinski definition) is 5. The molecule has 0 amide bonds. The number of carbonyl (C=O) groups is 1. The van der Waals surface area contributed by atoms with E-state index in [0.717, 1.165) is 40.7 Å². The van der Waals surface area contributed by atoms with Crippen LogP contribution in [0.2, 0.25) is 5.15 Å². The molecule has 3 aromatic heterocycles. The summed E-state index contributed by atoms with van der Waals surface area (Å²) in [6.45, 7) is 4.28. The zero-order valence-corrected chi connectivity index (χ0v) is 13.9. The number of pyridine rings is 1. The van der Waals surface area contributed by atoms with E-state index >= 15 is 0 Å². The Kier molecular flexibility index (Phi) is 4.22. The van der Waals surface area contributed by atoms with Crippen LogP contribution in [0.5, 0.6) is 0 Å². The summed E-state index contributed by atoms with van der Waals surface area (Å²) in [5, 5.41) is 6.78. The van der Waals surface area contributed by atoms with E-state index in [4.69, 9.17) is 16.7 Å². The van der Waals surface area contributed by atoms with Crippen LogP contribution in [0.3, 0.4) is 0 Å². The molecule has 3 rings (SSSR count). The normalized spacial score (nSPS) is 12.7. The fourth-order valence-corrected chi connectivity index (χ4v) is 3.37. The van der Waals surface area contributed by atoms with Gasteiger partial charge < -0.3 is 0 Å². The molecule has 7 heteroatoms. The number of rotatable bonds is 5. The minimum atomic E-state index is 0.255. The van der Waals surface area contributed by atoms with Crippen molar-refractivity contribution in [3.8, 4) is 10.7 Å². The summed E-state index contributed by atoms with van der Waals surface area (Å²) in [6, 6.07) is 2.08. The molecule has 3 aromatic rings. The van der Waals surface area contributed by atoms with Gasteiger partial charge in [0.15, 0.2) is 6.29 Å². The fraction of sp³-hybridized carbons (Fsp3) is 0.333. The number of fused-ring (bicyclic) bond motifs is 1. The standard InChI is InChI=1S/C15H15ClN4OS/c1-3-4-9(2)20-12-5-13(16)17-7-11(12)14(19-20)15-18-6-10(8-21)22-15/h5-9H,3-4H2,1-2H3/t9-/m0/s1. The van der Waals surface area contributed by atoms with Gasteiger partial charge in [-0.05, 0) is 13.3 Å². The second-order valence-electron chi connectivity index (χ2n) is 5.14. The molecule has 22 heavy (non-hydrogen) atoms. The van der Waals surface area contributed by atoms with Gasteiger partial charge in [0, 0.05) is 29.9 Å². The lowest BCUT2D eigenvalue weighted by molar-refractivity contribution is 0.112. The Labute approximate surface area is 137 Å². The van der Waals surface area contributed by atoms with Gasteiger partial charge in [-0.3, -0.25) is 9.48 Å². The van der Waals surface area contributed by atoms with E-state index in [1.165, 1.54) is 11.3 Å². The maximum atomic E-state index is 10.9. The van der Waals surface area contributed by atoms with Crippen LogP contribution in [0.15, 0.2) is 18.5 Å². The van der Waals surface area contributed by atoms with Crippen LogP contribution < -0.4 is 0 Å². The zero-order valence-electron chi connectivity index (χ0n) is 12.3. The Morgan fingerprint density at radius 3 is 2.91 bits per heavy atom. The second-order valence-corrected chi connectivity index (χ2v) is 6.59. The largest absolute Gasteiger partial charge is 0.297 e. The number of aldehydes is 1. The first-order valence-electron chi connectivity index (χ1n) is 7.09. The van der Waals surface area contributed by atoms with E-state index in [1.54, 1.807) is 12.4 Å². The van der Waals surface area contributed by atoms with Crippen molar-refractivity contribution in [1.29, 1.82) is 0 Å². The number of nitrogens with zero attached hydrogens (tertiary/aromatic N) is 4. The van der Waals surface area contributed by atoms with Gasteiger partial charge in [-0.15, -0.1) is 11.3 Å². The molecule has 0 radical (unpaired) electrons. The van der Waals surface area contributed by atoms with E-state index < -0.39 is 0 Å². The summed E-state index contributed by atoms with van der Waals surface area (Å²) in [6.07, 6.45) is 6.18. The Balaban J connectivity index is 2.20. The Morgan fingerprint density at radius 1 is 1.41 bits per heavy atom. The Morgan fingerprint density at radius 2 is 2.23 bits per heavy atom. The first kappa shape index (κ1) is 15.1. The van der Waals surface area contributed by atoms with Gasteiger partial charge in [-0.1, -0.05) is 24.9 Å². The summed E-state index contributed by atoms with van der Waals surface area (Å²) >= 11 is 7.37. The summed E-state index contributed by atoms with van der Waals surface area (Å²) in [5.74, 6) is 0. The molecule has 0 aromatic carbocycles. The number of aromatic nitrogens is 4. The molecule has 0 spiro atoms. The molecule has 0 unspecified atom stereocenters. The molecule has 0 aliphatic heterocycles. The van der Waals surface area contributed by atoms with Crippen molar-refractivity contribution in [3.63, 3.8) is 0 Å². The van der Waals surface area contributed by atoms with Gasteiger partial charge in [0.25, 0.3) is 0 Å².